The van der Waals surface area contributed by atoms with Gasteiger partial charge in [0.15, 0.2) is 11.6 Å². The number of rotatable bonds is 4. The Morgan fingerprint density at radius 1 is 0.708 bits per heavy atom. The van der Waals surface area contributed by atoms with E-state index in [4.69, 9.17) is 0 Å². The lowest BCUT2D eigenvalue weighted by molar-refractivity contribution is 0.214. The van der Waals surface area contributed by atoms with E-state index in [-0.39, 0.29) is 56.0 Å². The second-order valence-electron chi connectivity index (χ2n) is 16.4. The average Bonchev–Trinajstić information content (AvgIpc) is 3.45. The highest BCUT2D eigenvalue weighted by atomic mass is 19.1. The summed E-state index contributed by atoms with van der Waals surface area (Å²) in [5.74, 6) is -1.74. The zero-order valence-corrected chi connectivity index (χ0v) is 28.3. The normalized spacial score (nSPS) is 28.4. The molecule has 3 fully saturated rings. The fourth-order valence-corrected chi connectivity index (χ4v) is 9.98. The Labute approximate surface area is 276 Å². The lowest BCUT2D eigenvalue weighted by Crippen LogP contribution is -2.36. The Morgan fingerprint density at radius 2 is 1.25 bits per heavy atom. The van der Waals surface area contributed by atoms with Gasteiger partial charge in [-0.25, -0.2) is 26.9 Å². The van der Waals surface area contributed by atoms with E-state index >= 15 is 0 Å². The molecule has 4 aromatic rings. The number of aromatic nitrogens is 4. The van der Waals surface area contributed by atoms with Gasteiger partial charge in [0.1, 0.15) is 23.0 Å². The molecule has 4 bridgehead atoms. The smallest absolute Gasteiger partial charge is 0.275 e. The van der Waals surface area contributed by atoms with Gasteiger partial charge in [-0.1, -0.05) is 41.5 Å². The minimum atomic E-state index is -0.737. The maximum atomic E-state index is 14.6. The molecule has 6 nitrogen and oxygen atoms in total. The molecule has 10 heteroatoms. The topological polar surface area (TPSA) is 64.7 Å². The lowest BCUT2D eigenvalue weighted by Gasteiger charge is -2.36. The molecule has 2 aromatic heterocycles. The van der Waals surface area contributed by atoms with Crippen LogP contribution in [0, 0.1) is 40.0 Å². The Morgan fingerprint density at radius 3 is 1.81 bits per heavy atom. The van der Waals surface area contributed by atoms with Gasteiger partial charge in [-0.2, -0.15) is 0 Å². The van der Waals surface area contributed by atoms with E-state index in [0.29, 0.717) is 5.92 Å². The first kappa shape index (κ1) is 31.4. The van der Waals surface area contributed by atoms with Crippen molar-refractivity contribution >= 4 is 0 Å². The molecular weight excluding hydrogens is 620 g/mol. The molecule has 2 heterocycles. The van der Waals surface area contributed by atoms with Crippen molar-refractivity contribution in [2.24, 2.45) is 16.7 Å². The molecule has 2 aromatic carbocycles. The third kappa shape index (κ3) is 3.91. The maximum Gasteiger partial charge on any atom is 0.275 e. The molecule has 5 aliphatic carbocycles. The third-order valence-corrected chi connectivity index (χ3v) is 13.7. The summed E-state index contributed by atoms with van der Waals surface area (Å²) in [5.41, 5.74) is 3.44. The van der Waals surface area contributed by atoms with Crippen molar-refractivity contribution in [3.05, 3.63) is 103 Å². The summed E-state index contributed by atoms with van der Waals surface area (Å²) in [6.45, 7) is 14.1. The summed E-state index contributed by atoms with van der Waals surface area (Å²) in [7, 11) is 0. The molecule has 48 heavy (non-hydrogen) atoms. The van der Waals surface area contributed by atoms with Crippen molar-refractivity contribution < 1.29 is 17.6 Å². The first-order chi connectivity index (χ1) is 22.5. The largest absolute Gasteiger partial charge is 0.294 e. The molecule has 0 spiro atoms. The molecule has 9 rings (SSSR count). The first-order valence-corrected chi connectivity index (χ1v) is 17.2. The highest BCUT2D eigenvalue weighted by Gasteiger charge is 2.63. The van der Waals surface area contributed by atoms with Gasteiger partial charge >= 0.3 is 0 Å². The van der Waals surface area contributed by atoms with E-state index in [1.807, 2.05) is 4.68 Å². The lowest BCUT2D eigenvalue weighted by atomic mass is 9.70. The summed E-state index contributed by atoms with van der Waals surface area (Å²) in [4.78, 5) is 26.2. The number of hydrogen-bond acceptors (Lipinski definition) is 2. The first-order valence-electron chi connectivity index (χ1n) is 17.2. The van der Waals surface area contributed by atoms with E-state index in [1.54, 1.807) is 0 Å². The average molecular weight is 663 g/mol. The fraction of sp³-hybridized carbons (Fsp3) is 0.526. The Balaban J connectivity index is 0.000000142. The summed E-state index contributed by atoms with van der Waals surface area (Å²) >= 11 is 0. The number of benzene rings is 2. The summed E-state index contributed by atoms with van der Waals surface area (Å²) in [6, 6.07) is 6.74. The Kier molecular flexibility index (Phi) is 6.47. The van der Waals surface area contributed by atoms with E-state index in [0.717, 1.165) is 85.8 Å². The van der Waals surface area contributed by atoms with Crippen molar-refractivity contribution in [1.82, 2.24) is 19.1 Å². The molecule has 254 valence electrons. The second kappa shape index (κ2) is 9.88. The minimum Gasteiger partial charge on any atom is -0.294 e. The van der Waals surface area contributed by atoms with Crippen LogP contribution in [0.15, 0.2) is 46.0 Å². The van der Waals surface area contributed by atoms with Gasteiger partial charge in [-0.15, -0.1) is 0 Å². The van der Waals surface area contributed by atoms with Crippen LogP contribution in [0.4, 0.5) is 17.6 Å². The van der Waals surface area contributed by atoms with Crippen molar-refractivity contribution in [2.75, 3.05) is 0 Å². The predicted octanol–water partition coefficient (Wildman–Crippen LogP) is 8.12. The van der Waals surface area contributed by atoms with Gasteiger partial charge in [0.25, 0.3) is 11.1 Å². The zero-order valence-electron chi connectivity index (χ0n) is 28.3. The molecule has 4 atom stereocenters. The molecule has 1 N–H and O–H groups in total. The monoisotopic (exact) mass is 662 g/mol. The molecule has 0 unspecified atom stereocenters. The number of nitrogens with zero attached hydrogens (tertiary/aromatic N) is 3. The number of nitrogens with one attached hydrogen (secondary N) is 1. The number of halogens is 4. The van der Waals surface area contributed by atoms with Crippen LogP contribution < -0.4 is 11.1 Å². The minimum absolute atomic E-state index is 0.0216. The molecule has 0 aliphatic heterocycles. The predicted molar refractivity (Wildman–Crippen MR) is 175 cm³/mol. The Hall–Kier alpha value is -3.82. The van der Waals surface area contributed by atoms with Crippen LogP contribution in [0.2, 0.25) is 0 Å². The summed E-state index contributed by atoms with van der Waals surface area (Å²) in [6.07, 6.45) is 6.36. The standard InChI is InChI=1S/C21H24F2N2O.C17H18F2N2O/c1-20(2)14-8-9-21(20,3)18-17(14)19(26)25(24(18)11-12-4-5-12)16-7-6-13(22)10-15(16)23;1-16(2)10-6-7-17(16,3)14-13(10)15(22)21(20-14)12-5-4-9(18)8-11(12)19/h6-7,10,12,14H,4-5,8-9,11H2,1-3H3;4-5,8,10,20H,6-7H2,1-3H3/t14-,21+;10-,17+/m11/s1. The SMILES string of the molecule is CC1(C)[C@@H]2CC[C@@]1(C)c1[nH]n(-c3ccc(F)cc3F)c(=O)c12.CC1(C)[C@@H]2CC[C@@]1(C)c1c2c(=O)n(-c2ccc(F)cc2F)n1CC1CC1. The summed E-state index contributed by atoms with van der Waals surface area (Å²) < 4.78 is 59.8. The molecule has 0 amide bonds. The molecule has 0 radical (unpaired) electrons. The molecule has 5 aliphatic rings. The van der Waals surface area contributed by atoms with Gasteiger partial charge in [-0.3, -0.25) is 19.4 Å². The number of hydrogen-bond donors (Lipinski definition) is 1. The van der Waals surface area contributed by atoms with Crippen LogP contribution >= 0.6 is 0 Å². The second-order valence-corrected chi connectivity index (χ2v) is 16.4. The quantitative estimate of drug-likeness (QED) is 0.225. The maximum absolute atomic E-state index is 14.6. The van der Waals surface area contributed by atoms with Crippen LogP contribution in [0.25, 0.3) is 11.4 Å². The van der Waals surface area contributed by atoms with Gasteiger partial charge in [-0.05, 0) is 91.4 Å². The third-order valence-electron chi connectivity index (χ3n) is 13.7. The highest BCUT2D eigenvalue weighted by molar-refractivity contribution is 5.49. The number of fused-ring (bicyclic) bond motifs is 10. The van der Waals surface area contributed by atoms with Gasteiger partial charge in [0.05, 0.1) is 5.69 Å². The number of aromatic amines is 1. The van der Waals surface area contributed by atoms with E-state index < -0.39 is 23.3 Å². The fourth-order valence-electron chi connectivity index (χ4n) is 9.98. The van der Waals surface area contributed by atoms with Crippen molar-refractivity contribution in [3.63, 3.8) is 0 Å². The Bertz CT molecular complexity index is 2130. The van der Waals surface area contributed by atoms with Gasteiger partial charge in [0, 0.05) is 46.3 Å². The van der Waals surface area contributed by atoms with Crippen LogP contribution in [0.1, 0.15) is 114 Å². The molecule has 0 saturated heterocycles. The number of H-pyrrole nitrogens is 1. The van der Waals surface area contributed by atoms with Gasteiger partial charge in [0.2, 0.25) is 0 Å². The molecule has 3 saturated carbocycles. The van der Waals surface area contributed by atoms with E-state index in [2.05, 4.69) is 46.6 Å². The molecular formula is C38H42F4N4O2. The van der Waals surface area contributed by atoms with Crippen LogP contribution in [0.3, 0.4) is 0 Å². The van der Waals surface area contributed by atoms with E-state index in [1.165, 1.54) is 27.6 Å². The van der Waals surface area contributed by atoms with E-state index in [9.17, 15) is 27.2 Å². The van der Waals surface area contributed by atoms with Crippen molar-refractivity contribution in [2.45, 2.75) is 109 Å². The van der Waals surface area contributed by atoms with Crippen molar-refractivity contribution in [3.8, 4) is 11.4 Å². The van der Waals surface area contributed by atoms with Crippen molar-refractivity contribution in [1.29, 1.82) is 0 Å². The highest BCUT2D eigenvalue weighted by Crippen LogP contribution is 2.68. The van der Waals surface area contributed by atoms with Gasteiger partial charge < -0.3 is 0 Å². The van der Waals surface area contributed by atoms with Crippen LogP contribution in [-0.2, 0) is 17.4 Å². The van der Waals surface area contributed by atoms with Crippen LogP contribution in [-0.4, -0.2) is 19.1 Å². The summed E-state index contributed by atoms with van der Waals surface area (Å²) in [5, 5.41) is 3.11. The van der Waals surface area contributed by atoms with Crippen LogP contribution in [0.5, 0.6) is 0 Å². The zero-order chi connectivity index (χ0) is 34.3.